The molecule has 0 saturated carbocycles. The highest BCUT2D eigenvalue weighted by molar-refractivity contribution is 7.09. The number of para-hydroxylation sites is 1. The first-order chi connectivity index (χ1) is 9.28. The molecular formula is C15H15ClN2S. The summed E-state index contributed by atoms with van der Waals surface area (Å²) in [5.41, 5.74) is 2.21. The maximum absolute atomic E-state index is 6.29. The molecule has 0 bridgehead atoms. The first kappa shape index (κ1) is 12.7. The third-order valence-electron chi connectivity index (χ3n) is 3.13. The molecular weight excluding hydrogens is 276 g/mol. The zero-order valence-electron chi connectivity index (χ0n) is 10.8. The molecule has 0 aliphatic rings. The van der Waals surface area contributed by atoms with Crippen LogP contribution in [0.4, 0.5) is 0 Å². The number of halogens is 1. The molecule has 2 nitrogen and oxygen atoms in total. The molecule has 0 aliphatic heterocycles. The van der Waals surface area contributed by atoms with Crippen molar-refractivity contribution in [2.75, 3.05) is 0 Å². The summed E-state index contributed by atoms with van der Waals surface area (Å²) in [7, 11) is 0. The highest BCUT2D eigenvalue weighted by Crippen LogP contribution is 2.25. The quantitative estimate of drug-likeness (QED) is 0.678. The van der Waals surface area contributed by atoms with Crippen molar-refractivity contribution in [3.8, 4) is 0 Å². The molecule has 2 heterocycles. The average Bonchev–Trinajstić information content (AvgIpc) is 2.99. The van der Waals surface area contributed by atoms with Gasteiger partial charge < -0.3 is 4.57 Å². The van der Waals surface area contributed by atoms with E-state index in [4.69, 9.17) is 11.6 Å². The fraction of sp³-hybridized carbons (Fsp3) is 0.267. The number of aryl methyl sites for hydroxylation is 1. The van der Waals surface area contributed by atoms with Crippen molar-refractivity contribution in [3.63, 3.8) is 0 Å². The van der Waals surface area contributed by atoms with Crippen LogP contribution in [0.15, 0.2) is 35.8 Å². The monoisotopic (exact) mass is 290 g/mol. The molecule has 3 aromatic rings. The van der Waals surface area contributed by atoms with Gasteiger partial charge in [0.05, 0.1) is 27.8 Å². The van der Waals surface area contributed by atoms with E-state index in [1.165, 1.54) is 10.4 Å². The lowest BCUT2D eigenvalue weighted by Gasteiger charge is -2.04. The molecule has 0 saturated heterocycles. The van der Waals surface area contributed by atoms with E-state index >= 15 is 0 Å². The molecule has 0 radical (unpaired) electrons. The summed E-state index contributed by atoms with van der Waals surface area (Å²) < 4.78 is 2.17. The number of rotatable bonds is 4. The number of nitrogens with zero attached hydrogens (tertiary/aromatic N) is 2. The van der Waals surface area contributed by atoms with Gasteiger partial charge in [0.2, 0.25) is 0 Å². The summed E-state index contributed by atoms with van der Waals surface area (Å²) in [4.78, 5) is 4.67. The summed E-state index contributed by atoms with van der Waals surface area (Å²) >= 11 is 8.03. The van der Waals surface area contributed by atoms with Gasteiger partial charge in [-0.2, -0.15) is 0 Å². The van der Waals surface area contributed by atoms with Gasteiger partial charge in [0.25, 0.3) is 0 Å². The van der Waals surface area contributed by atoms with Gasteiger partial charge in [0, 0.05) is 17.0 Å². The van der Waals surface area contributed by atoms with Gasteiger partial charge in [0.15, 0.2) is 0 Å². The summed E-state index contributed by atoms with van der Waals surface area (Å²) in [5, 5.41) is 5.34. The molecule has 0 atom stereocenters. The van der Waals surface area contributed by atoms with Crippen LogP contribution in [-0.4, -0.2) is 9.55 Å². The van der Waals surface area contributed by atoms with E-state index in [2.05, 4.69) is 40.2 Å². The van der Waals surface area contributed by atoms with Crippen LogP contribution in [0, 0.1) is 0 Å². The Labute approximate surface area is 121 Å². The van der Waals surface area contributed by atoms with Gasteiger partial charge in [-0.05, 0) is 25.0 Å². The molecule has 2 aromatic heterocycles. The van der Waals surface area contributed by atoms with Crippen molar-refractivity contribution in [2.24, 2.45) is 0 Å². The molecule has 0 unspecified atom stereocenters. The van der Waals surface area contributed by atoms with Crippen molar-refractivity contribution in [3.05, 3.63) is 51.6 Å². The summed E-state index contributed by atoms with van der Waals surface area (Å²) in [5.74, 6) is 0. The van der Waals surface area contributed by atoms with Crippen LogP contribution in [-0.2, 0) is 13.0 Å². The fourth-order valence-corrected chi connectivity index (χ4v) is 3.45. The van der Waals surface area contributed by atoms with Crippen molar-refractivity contribution < 1.29 is 0 Å². The number of benzene rings is 1. The van der Waals surface area contributed by atoms with Crippen molar-refractivity contribution >= 4 is 33.8 Å². The Morgan fingerprint density at radius 2 is 2.21 bits per heavy atom. The van der Waals surface area contributed by atoms with Gasteiger partial charge in [0.1, 0.15) is 0 Å². The smallest absolute Gasteiger partial charge is 0.0928 e. The number of aromatic nitrogens is 2. The molecule has 0 amide bonds. The molecule has 19 heavy (non-hydrogen) atoms. The lowest BCUT2D eigenvalue weighted by atomic mass is 10.2. The number of fused-ring (bicyclic) bond motifs is 1. The van der Waals surface area contributed by atoms with E-state index in [-0.39, 0.29) is 0 Å². The van der Waals surface area contributed by atoms with Crippen LogP contribution >= 0.6 is 22.9 Å². The van der Waals surface area contributed by atoms with E-state index in [1.807, 2.05) is 12.1 Å². The average molecular weight is 291 g/mol. The first-order valence-corrected chi connectivity index (χ1v) is 7.70. The molecule has 0 fully saturated rings. The predicted molar refractivity (Wildman–Crippen MR) is 82.2 cm³/mol. The zero-order chi connectivity index (χ0) is 13.2. The predicted octanol–water partition coefficient (Wildman–Crippen LogP) is 4.75. The maximum Gasteiger partial charge on any atom is 0.0928 e. The Bertz CT molecular complexity index is 699. The van der Waals surface area contributed by atoms with Gasteiger partial charge in [-0.3, -0.25) is 0 Å². The molecule has 4 heteroatoms. The van der Waals surface area contributed by atoms with Gasteiger partial charge in [-0.15, -0.1) is 11.3 Å². The Balaban J connectivity index is 1.92. The van der Waals surface area contributed by atoms with Gasteiger partial charge in [-0.1, -0.05) is 30.7 Å². The molecule has 3 rings (SSSR count). The summed E-state index contributed by atoms with van der Waals surface area (Å²) in [6.07, 6.45) is 4.29. The van der Waals surface area contributed by atoms with Crippen molar-refractivity contribution in [2.45, 2.75) is 26.3 Å². The normalized spacial score (nSPS) is 11.3. The van der Waals surface area contributed by atoms with E-state index in [0.717, 1.165) is 35.6 Å². The zero-order valence-corrected chi connectivity index (χ0v) is 12.3. The second kappa shape index (κ2) is 5.35. The van der Waals surface area contributed by atoms with Crippen LogP contribution in [0.2, 0.25) is 5.02 Å². The SMILES string of the molecule is CCCc1nc(Cn2ccc3cccc(Cl)c32)cs1. The van der Waals surface area contributed by atoms with E-state index in [9.17, 15) is 0 Å². The molecule has 98 valence electrons. The highest BCUT2D eigenvalue weighted by Gasteiger charge is 2.07. The lowest BCUT2D eigenvalue weighted by molar-refractivity contribution is 0.801. The van der Waals surface area contributed by atoms with Crippen LogP contribution in [0.5, 0.6) is 0 Å². The minimum Gasteiger partial charge on any atom is -0.340 e. The number of thiazole rings is 1. The highest BCUT2D eigenvalue weighted by atomic mass is 35.5. The molecule has 0 spiro atoms. The maximum atomic E-state index is 6.29. The third-order valence-corrected chi connectivity index (χ3v) is 4.40. The second-order valence-corrected chi connectivity index (χ2v) is 5.95. The van der Waals surface area contributed by atoms with Gasteiger partial charge in [-0.25, -0.2) is 4.98 Å². The molecule has 0 N–H and O–H groups in total. The summed E-state index contributed by atoms with van der Waals surface area (Å²) in [6, 6.07) is 8.10. The van der Waals surface area contributed by atoms with Gasteiger partial charge >= 0.3 is 0 Å². The minimum atomic E-state index is 0.785. The van der Waals surface area contributed by atoms with E-state index in [0.29, 0.717) is 0 Å². The molecule has 1 aromatic carbocycles. The van der Waals surface area contributed by atoms with Crippen molar-refractivity contribution in [1.82, 2.24) is 9.55 Å². The Hall–Kier alpha value is -1.32. The number of hydrogen-bond acceptors (Lipinski definition) is 2. The Morgan fingerprint density at radius 1 is 1.32 bits per heavy atom. The Morgan fingerprint density at radius 3 is 3.05 bits per heavy atom. The lowest BCUT2D eigenvalue weighted by Crippen LogP contribution is -1.99. The van der Waals surface area contributed by atoms with Crippen LogP contribution < -0.4 is 0 Å². The topological polar surface area (TPSA) is 17.8 Å². The van der Waals surface area contributed by atoms with Crippen LogP contribution in [0.3, 0.4) is 0 Å². The third kappa shape index (κ3) is 2.53. The van der Waals surface area contributed by atoms with Crippen LogP contribution in [0.25, 0.3) is 10.9 Å². The first-order valence-electron chi connectivity index (χ1n) is 6.44. The number of hydrogen-bond donors (Lipinski definition) is 0. The van der Waals surface area contributed by atoms with Crippen LogP contribution in [0.1, 0.15) is 24.0 Å². The standard InChI is InChI=1S/C15H15ClN2S/c1-2-4-14-17-12(10-19-14)9-18-8-7-11-5-3-6-13(16)15(11)18/h3,5-8,10H,2,4,9H2,1H3. The second-order valence-electron chi connectivity index (χ2n) is 4.60. The Kier molecular flexibility index (Phi) is 3.58. The minimum absolute atomic E-state index is 0.785. The van der Waals surface area contributed by atoms with E-state index < -0.39 is 0 Å². The van der Waals surface area contributed by atoms with Crippen molar-refractivity contribution in [1.29, 1.82) is 0 Å². The van der Waals surface area contributed by atoms with E-state index in [1.54, 1.807) is 11.3 Å². The molecule has 0 aliphatic carbocycles. The summed E-state index contributed by atoms with van der Waals surface area (Å²) in [6.45, 7) is 2.97. The fourth-order valence-electron chi connectivity index (χ4n) is 2.27. The largest absolute Gasteiger partial charge is 0.340 e.